The Morgan fingerprint density at radius 3 is 1.50 bits per heavy atom. The maximum absolute atomic E-state index is 11.0. The summed E-state index contributed by atoms with van der Waals surface area (Å²) in [6.07, 6.45) is 2.58. The number of benzene rings is 1. The third kappa shape index (κ3) is 1.62. The Labute approximate surface area is 111 Å². The van der Waals surface area contributed by atoms with Crippen LogP contribution < -0.4 is 0 Å². The molecule has 98 valence electrons. The van der Waals surface area contributed by atoms with Crippen molar-refractivity contribution in [3.63, 3.8) is 0 Å². The van der Waals surface area contributed by atoms with Gasteiger partial charge < -0.3 is 0 Å². The minimum absolute atomic E-state index is 0.106. The molecule has 20 heavy (non-hydrogen) atoms. The van der Waals surface area contributed by atoms with E-state index in [-0.39, 0.29) is 22.4 Å². The zero-order valence-electron chi connectivity index (χ0n) is 9.89. The highest BCUT2D eigenvalue weighted by Crippen LogP contribution is 2.32. The fourth-order valence-electron chi connectivity index (χ4n) is 2.12. The average Bonchev–Trinajstić information content (AvgIpc) is 2.45. The molecule has 0 saturated carbocycles. The molecule has 0 fully saturated rings. The lowest BCUT2D eigenvalue weighted by Crippen LogP contribution is -1.95. The first kappa shape index (κ1) is 11.9. The molecule has 0 aliphatic heterocycles. The molecule has 0 spiro atoms. The molecule has 8 nitrogen and oxygen atoms in total. The van der Waals surface area contributed by atoms with Crippen LogP contribution in [-0.4, -0.2) is 19.8 Å². The zero-order chi connectivity index (χ0) is 14.3. The van der Waals surface area contributed by atoms with E-state index in [1.165, 1.54) is 36.7 Å². The van der Waals surface area contributed by atoms with Gasteiger partial charge >= 0.3 is 0 Å². The second-order valence-corrected chi connectivity index (χ2v) is 4.03. The van der Waals surface area contributed by atoms with Crippen LogP contribution in [0.1, 0.15) is 0 Å². The van der Waals surface area contributed by atoms with Gasteiger partial charge in [0, 0.05) is 24.5 Å². The van der Waals surface area contributed by atoms with Gasteiger partial charge in [-0.1, -0.05) is 0 Å². The third-order valence-corrected chi connectivity index (χ3v) is 2.97. The van der Waals surface area contributed by atoms with Crippen LogP contribution in [-0.2, 0) is 0 Å². The molecule has 0 aliphatic rings. The van der Waals surface area contributed by atoms with E-state index in [9.17, 15) is 20.2 Å². The van der Waals surface area contributed by atoms with E-state index in [2.05, 4.69) is 9.97 Å². The molecule has 0 radical (unpaired) electrons. The van der Waals surface area contributed by atoms with Crippen molar-refractivity contribution in [1.29, 1.82) is 0 Å². The normalized spacial score (nSPS) is 10.8. The van der Waals surface area contributed by atoms with Gasteiger partial charge in [-0.15, -0.1) is 0 Å². The third-order valence-electron chi connectivity index (χ3n) is 2.97. The first-order chi connectivity index (χ1) is 9.59. The van der Waals surface area contributed by atoms with Crippen LogP contribution >= 0.6 is 0 Å². The fourth-order valence-corrected chi connectivity index (χ4v) is 2.12. The maximum Gasteiger partial charge on any atom is 0.280 e. The number of pyridine rings is 2. The van der Waals surface area contributed by atoms with Crippen LogP contribution in [0.2, 0.25) is 0 Å². The molecule has 3 rings (SSSR count). The SMILES string of the molecule is O=[N+]([O-])c1ccnc2c1ccc1c([N+](=O)[O-])ccnc12. The lowest BCUT2D eigenvalue weighted by Gasteiger charge is -2.03. The number of nitrogens with zero attached hydrogens (tertiary/aromatic N) is 4. The van der Waals surface area contributed by atoms with Crippen LogP contribution in [0, 0.1) is 20.2 Å². The molecule has 0 bridgehead atoms. The van der Waals surface area contributed by atoms with Gasteiger partial charge in [-0.3, -0.25) is 30.2 Å². The molecular formula is C12H6N4O4. The van der Waals surface area contributed by atoms with E-state index in [1.807, 2.05) is 0 Å². The van der Waals surface area contributed by atoms with Crippen molar-refractivity contribution < 1.29 is 9.85 Å². The summed E-state index contributed by atoms with van der Waals surface area (Å²) in [6.45, 7) is 0. The van der Waals surface area contributed by atoms with Crippen molar-refractivity contribution in [2.45, 2.75) is 0 Å². The van der Waals surface area contributed by atoms with Crippen molar-refractivity contribution in [3.8, 4) is 0 Å². The van der Waals surface area contributed by atoms with Crippen LogP contribution in [0.15, 0.2) is 36.7 Å². The molecule has 0 saturated heterocycles. The van der Waals surface area contributed by atoms with Crippen LogP contribution in [0.25, 0.3) is 21.8 Å². The smallest absolute Gasteiger partial charge is 0.258 e. The van der Waals surface area contributed by atoms with E-state index < -0.39 is 9.85 Å². The Kier molecular flexibility index (Phi) is 2.50. The molecule has 1 aromatic carbocycles. The quantitative estimate of drug-likeness (QED) is 0.402. The molecular weight excluding hydrogens is 264 g/mol. The molecule has 0 atom stereocenters. The second-order valence-electron chi connectivity index (χ2n) is 4.03. The Bertz CT molecular complexity index is 805. The van der Waals surface area contributed by atoms with Crippen LogP contribution in [0.4, 0.5) is 11.4 Å². The molecule has 0 unspecified atom stereocenters. The van der Waals surface area contributed by atoms with E-state index in [4.69, 9.17) is 0 Å². The van der Waals surface area contributed by atoms with Crippen molar-refractivity contribution in [3.05, 3.63) is 56.9 Å². The molecule has 0 amide bonds. The van der Waals surface area contributed by atoms with Gasteiger partial charge in [-0.25, -0.2) is 0 Å². The van der Waals surface area contributed by atoms with Gasteiger partial charge in [0.25, 0.3) is 11.4 Å². The summed E-state index contributed by atoms with van der Waals surface area (Å²) in [4.78, 5) is 29.0. The van der Waals surface area contributed by atoms with Gasteiger partial charge in [0.15, 0.2) is 0 Å². The highest BCUT2D eigenvalue weighted by Gasteiger charge is 2.18. The van der Waals surface area contributed by atoms with Crippen molar-refractivity contribution in [1.82, 2.24) is 9.97 Å². The van der Waals surface area contributed by atoms with Crippen LogP contribution in [0.5, 0.6) is 0 Å². The van der Waals surface area contributed by atoms with Gasteiger partial charge in [-0.05, 0) is 12.1 Å². The van der Waals surface area contributed by atoms with Crippen molar-refractivity contribution in [2.75, 3.05) is 0 Å². The lowest BCUT2D eigenvalue weighted by molar-refractivity contribution is -0.383. The van der Waals surface area contributed by atoms with Gasteiger partial charge in [-0.2, -0.15) is 0 Å². The van der Waals surface area contributed by atoms with E-state index in [0.29, 0.717) is 10.8 Å². The summed E-state index contributed by atoms with van der Waals surface area (Å²) in [7, 11) is 0. The summed E-state index contributed by atoms with van der Waals surface area (Å²) >= 11 is 0. The Morgan fingerprint density at radius 1 is 0.750 bits per heavy atom. The highest BCUT2D eigenvalue weighted by atomic mass is 16.6. The van der Waals surface area contributed by atoms with Gasteiger partial charge in [0.2, 0.25) is 0 Å². The standard InChI is InChI=1S/C12H6N4O4/c17-15(18)9-3-5-13-11-7(9)1-2-8-10(16(19)20)4-6-14-12(8)11/h1-6H. The first-order valence-corrected chi connectivity index (χ1v) is 5.55. The predicted molar refractivity (Wildman–Crippen MR) is 70.4 cm³/mol. The number of nitro groups is 2. The number of aromatic nitrogens is 2. The first-order valence-electron chi connectivity index (χ1n) is 5.55. The topological polar surface area (TPSA) is 112 Å². The molecule has 3 aromatic rings. The monoisotopic (exact) mass is 270 g/mol. The highest BCUT2D eigenvalue weighted by molar-refractivity contribution is 6.08. The molecule has 0 aliphatic carbocycles. The molecule has 0 N–H and O–H groups in total. The van der Waals surface area contributed by atoms with E-state index in [1.54, 1.807) is 0 Å². The minimum Gasteiger partial charge on any atom is -0.258 e. The number of hydrogen-bond acceptors (Lipinski definition) is 6. The van der Waals surface area contributed by atoms with Crippen molar-refractivity contribution >= 4 is 33.2 Å². The Balaban J connectivity index is 2.49. The van der Waals surface area contributed by atoms with E-state index >= 15 is 0 Å². The number of fused-ring (bicyclic) bond motifs is 3. The summed E-state index contributed by atoms with van der Waals surface area (Å²) in [5, 5.41) is 22.6. The van der Waals surface area contributed by atoms with Gasteiger partial charge in [0.1, 0.15) is 11.0 Å². The second kappa shape index (κ2) is 4.19. The average molecular weight is 270 g/mol. The Hall–Kier alpha value is -3.16. The molecule has 2 aromatic heterocycles. The van der Waals surface area contributed by atoms with Crippen molar-refractivity contribution in [2.24, 2.45) is 0 Å². The maximum atomic E-state index is 11.0. The van der Waals surface area contributed by atoms with Gasteiger partial charge in [0.05, 0.1) is 20.6 Å². The summed E-state index contributed by atoms with van der Waals surface area (Å²) < 4.78 is 0. The fraction of sp³-hybridized carbons (Fsp3) is 0. The number of hydrogen-bond donors (Lipinski definition) is 0. The molecule has 8 heteroatoms. The van der Waals surface area contributed by atoms with E-state index in [0.717, 1.165) is 0 Å². The predicted octanol–water partition coefficient (Wildman–Crippen LogP) is 2.60. The molecule has 2 heterocycles. The summed E-state index contributed by atoms with van der Waals surface area (Å²) in [6, 6.07) is 5.48. The largest absolute Gasteiger partial charge is 0.280 e. The summed E-state index contributed by atoms with van der Waals surface area (Å²) in [5.41, 5.74) is 0.344. The number of rotatable bonds is 2. The van der Waals surface area contributed by atoms with Crippen LogP contribution in [0.3, 0.4) is 0 Å². The summed E-state index contributed by atoms with van der Waals surface area (Å²) in [5.74, 6) is 0. The lowest BCUT2D eigenvalue weighted by atomic mass is 10.1. The Morgan fingerprint density at radius 2 is 1.15 bits per heavy atom. The minimum atomic E-state index is -0.521. The zero-order valence-corrected chi connectivity index (χ0v) is 9.89.